The van der Waals surface area contributed by atoms with Crippen molar-refractivity contribution in [1.82, 2.24) is 19.4 Å². The Balaban J connectivity index is 1.37. The number of imidazole rings is 1. The molecule has 1 saturated heterocycles. The third-order valence-corrected chi connectivity index (χ3v) is 7.90. The van der Waals surface area contributed by atoms with Crippen molar-refractivity contribution >= 4 is 28.0 Å². The lowest BCUT2D eigenvalue weighted by Gasteiger charge is -2.26. The van der Waals surface area contributed by atoms with Crippen molar-refractivity contribution in [2.75, 3.05) is 26.3 Å². The van der Waals surface area contributed by atoms with E-state index in [0.717, 1.165) is 38.5 Å². The summed E-state index contributed by atoms with van der Waals surface area (Å²) in [5.41, 5.74) is 5.12. The lowest BCUT2D eigenvalue weighted by Crippen LogP contribution is -2.41. The van der Waals surface area contributed by atoms with Gasteiger partial charge in [-0.2, -0.15) is 0 Å². The highest BCUT2D eigenvalue weighted by Gasteiger charge is 2.26. The van der Waals surface area contributed by atoms with Crippen LogP contribution in [0.2, 0.25) is 0 Å². The maximum absolute atomic E-state index is 13.7. The third-order valence-electron chi connectivity index (χ3n) is 6.81. The zero-order valence-electron chi connectivity index (χ0n) is 20.8. The van der Waals surface area contributed by atoms with Crippen LogP contribution < -0.4 is 0 Å². The fourth-order valence-electron chi connectivity index (χ4n) is 4.79. The van der Waals surface area contributed by atoms with Gasteiger partial charge in [0.2, 0.25) is 0 Å². The number of carbonyl (C=O) groups excluding carboxylic acids is 1. The van der Waals surface area contributed by atoms with E-state index in [1.165, 1.54) is 11.1 Å². The van der Waals surface area contributed by atoms with Crippen molar-refractivity contribution in [1.29, 1.82) is 0 Å². The van der Waals surface area contributed by atoms with Gasteiger partial charge in [-0.1, -0.05) is 72.3 Å². The number of benzene rings is 3. The summed E-state index contributed by atoms with van der Waals surface area (Å²) in [7, 11) is 0. The summed E-state index contributed by atoms with van der Waals surface area (Å²) >= 11 is 1.60. The Kier molecular flexibility index (Phi) is 6.55. The molecule has 5 aromatic rings. The van der Waals surface area contributed by atoms with Gasteiger partial charge in [0.15, 0.2) is 0 Å². The molecule has 1 aliphatic rings. The summed E-state index contributed by atoms with van der Waals surface area (Å²) in [5, 5.41) is 3.18. The summed E-state index contributed by atoms with van der Waals surface area (Å²) in [6.45, 7) is 5.14. The van der Waals surface area contributed by atoms with Crippen molar-refractivity contribution in [3.63, 3.8) is 0 Å². The molecule has 0 saturated carbocycles. The van der Waals surface area contributed by atoms with E-state index in [1.807, 2.05) is 29.6 Å². The number of rotatable bonds is 6. The molecule has 1 amide bonds. The highest BCUT2D eigenvalue weighted by molar-refractivity contribution is 7.15. The van der Waals surface area contributed by atoms with Crippen molar-refractivity contribution < 1.29 is 9.53 Å². The first kappa shape index (κ1) is 23.6. The number of hydrogen-bond donors (Lipinski definition) is 0. The van der Waals surface area contributed by atoms with Crippen LogP contribution in [0.3, 0.4) is 0 Å². The van der Waals surface area contributed by atoms with Crippen molar-refractivity contribution in [2.24, 2.45) is 0 Å². The molecule has 0 unspecified atom stereocenters. The molecule has 2 aromatic heterocycles. The minimum Gasteiger partial charge on any atom is -0.378 e. The molecule has 0 aliphatic carbocycles. The van der Waals surface area contributed by atoms with Gasteiger partial charge >= 0.3 is 0 Å². The van der Waals surface area contributed by atoms with E-state index in [9.17, 15) is 4.79 Å². The molecule has 7 heteroatoms. The highest BCUT2D eigenvalue weighted by atomic mass is 32.1. The molecule has 6 nitrogen and oxygen atoms in total. The normalized spacial score (nSPS) is 13.8. The van der Waals surface area contributed by atoms with Gasteiger partial charge in [0.25, 0.3) is 5.91 Å². The quantitative estimate of drug-likeness (QED) is 0.300. The zero-order valence-corrected chi connectivity index (χ0v) is 21.6. The van der Waals surface area contributed by atoms with Gasteiger partial charge in [-0.15, -0.1) is 11.3 Å². The Morgan fingerprint density at radius 3 is 2.62 bits per heavy atom. The summed E-state index contributed by atoms with van der Waals surface area (Å²) in [5.74, 6) is -0.0260. The maximum atomic E-state index is 13.7. The van der Waals surface area contributed by atoms with Crippen LogP contribution in [0.15, 0.2) is 79.3 Å². The van der Waals surface area contributed by atoms with Crippen LogP contribution in [-0.2, 0) is 17.7 Å². The second-order valence-corrected chi connectivity index (χ2v) is 10.5. The van der Waals surface area contributed by atoms with Gasteiger partial charge in [0.05, 0.1) is 24.4 Å². The van der Waals surface area contributed by atoms with Gasteiger partial charge < -0.3 is 14.2 Å². The molecule has 0 bridgehead atoms. The lowest BCUT2D eigenvalue weighted by atomic mass is 10.0. The second-order valence-electron chi connectivity index (χ2n) is 9.39. The largest absolute Gasteiger partial charge is 0.378 e. The van der Waals surface area contributed by atoms with Gasteiger partial charge in [0, 0.05) is 43.5 Å². The molecular formula is C30H28N4O2S. The number of morpholine rings is 1. The first-order chi connectivity index (χ1) is 18.2. The molecule has 3 heterocycles. The van der Waals surface area contributed by atoms with Crippen LogP contribution in [0.4, 0.5) is 0 Å². The van der Waals surface area contributed by atoms with E-state index in [4.69, 9.17) is 9.72 Å². The van der Waals surface area contributed by atoms with Crippen LogP contribution in [0.5, 0.6) is 0 Å². The van der Waals surface area contributed by atoms with Crippen LogP contribution in [-0.4, -0.2) is 51.6 Å². The van der Waals surface area contributed by atoms with Crippen LogP contribution in [0.1, 0.15) is 32.3 Å². The average Bonchev–Trinajstić information content (AvgIpc) is 3.56. The summed E-state index contributed by atoms with van der Waals surface area (Å²) in [6.07, 6.45) is 4.38. The Hall–Kier alpha value is -3.81. The van der Waals surface area contributed by atoms with Crippen LogP contribution in [0.25, 0.3) is 21.2 Å². The van der Waals surface area contributed by atoms with E-state index < -0.39 is 0 Å². The average molecular weight is 509 g/mol. The SMILES string of the molecule is Cc1ccc(Cn2cncc2Cc2nc(C(=O)N3CCOCC3)c(-c3cccc4ccccc34)s2)cc1. The maximum Gasteiger partial charge on any atom is 0.274 e. The fraction of sp³-hybridized carbons (Fsp3) is 0.233. The van der Waals surface area contributed by atoms with Gasteiger partial charge in [-0.3, -0.25) is 4.79 Å². The number of aromatic nitrogens is 3. The first-order valence-corrected chi connectivity index (χ1v) is 13.4. The molecule has 186 valence electrons. The number of thiazole rings is 1. The summed E-state index contributed by atoms with van der Waals surface area (Å²) < 4.78 is 7.64. The molecule has 1 aliphatic heterocycles. The van der Waals surface area contributed by atoms with Crippen molar-refractivity contribution in [3.05, 3.63) is 107 Å². The number of carbonyl (C=O) groups is 1. The molecule has 0 spiro atoms. The van der Waals surface area contributed by atoms with E-state index in [1.54, 1.807) is 11.3 Å². The minimum absolute atomic E-state index is 0.0260. The summed E-state index contributed by atoms with van der Waals surface area (Å²) in [4.78, 5) is 25.8. The molecule has 3 aromatic carbocycles. The number of aryl methyl sites for hydroxylation is 1. The number of amides is 1. The van der Waals surface area contributed by atoms with Crippen LogP contribution >= 0.6 is 11.3 Å². The topological polar surface area (TPSA) is 60.2 Å². The molecule has 6 rings (SSSR count). The number of hydrogen-bond acceptors (Lipinski definition) is 5. The highest BCUT2D eigenvalue weighted by Crippen LogP contribution is 2.37. The van der Waals surface area contributed by atoms with Crippen LogP contribution in [0, 0.1) is 6.92 Å². The molecule has 0 atom stereocenters. The van der Waals surface area contributed by atoms with Gasteiger partial charge in [-0.25, -0.2) is 9.97 Å². The Bertz CT molecular complexity index is 1540. The Morgan fingerprint density at radius 1 is 1.00 bits per heavy atom. The minimum atomic E-state index is -0.0260. The van der Waals surface area contributed by atoms with E-state index in [0.29, 0.717) is 38.4 Å². The predicted molar refractivity (Wildman–Crippen MR) is 147 cm³/mol. The number of nitrogens with zero attached hydrogens (tertiary/aromatic N) is 4. The van der Waals surface area contributed by atoms with Crippen molar-refractivity contribution in [2.45, 2.75) is 19.9 Å². The lowest BCUT2D eigenvalue weighted by molar-refractivity contribution is 0.0300. The van der Waals surface area contributed by atoms with Gasteiger partial charge in [-0.05, 0) is 23.3 Å². The Morgan fingerprint density at radius 2 is 1.78 bits per heavy atom. The van der Waals surface area contributed by atoms with Gasteiger partial charge in [0.1, 0.15) is 10.7 Å². The van der Waals surface area contributed by atoms with Crippen molar-refractivity contribution in [3.8, 4) is 10.4 Å². The molecular weight excluding hydrogens is 480 g/mol. The zero-order chi connectivity index (χ0) is 25.2. The molecule has 37 heavy (non-hydrogen) atoms. The molecule has 0 N–H and O–H groups in total. The molecule has 0 radical (unpaired) electrons. The monoisotopic (exact) mass is 508 g/mol. The third kappa shape index (κ3) is 4.92. The standard InChI is InChI=1S/C30H28N4O2S/c1-21-9-11-22(12-10-21)19-34-20-31-18-24(34)17-27-32-28(30(35)33-13-15-36-16-14-33)29(37-27)26-8-4-6-23-5-2-3-7-25(23)26/h2-12,18,20H,13-17,19H2,1H3. The summed E-state index contributed by atoms with van der Waals surface area (Å²) in [6, 6.07) is 23.1. The van der Waals surface area contributed by atoms with E-state index in [-0.39, 0.29) is 5.91 Å². The smallest absolute Gasteiger partial charge is 0.274 e. The van der Waals surface area contributed by atoms with E-state index >= 15 is 0 Å². The Labute approximate surface area is 220 Å². The predicted octanol–water partition coefficient (Wildman–Crippen LogP) is 5.58. The van der Waals surface area contributed by atoms with E-state index in [2.05, 4.69) is 71.1 Å². The number of fused-ring (bicyclic) bond motifs is 1. The second kappa shape index (κ2) is 10.3. The number of ether oxygens (including phenoxy) is 1. The molecule has 1 fully saturated rings. The first-order valence-electron chi connectivity index (χ1n) is 12.5. The fourth-order valence-corrected chi connectivity index (χ4v) is 5.90.